The predicted octanol–water partition coefficient (Wildman–Crippen LogP) is 0.750. The molecular weight excluding hydrogens is 116 g/mol. The second-order valence-electron chi connectivity index (χ2n) is 1.85. The van der Waals surface area contributed by atoms with E-state index in [1.54, 1.807) is 17.2 Å². The van der Waals surface area contributed by atoms with Crippen LogP contribution in [0.15, 0.2) is 17.0 Å². The third kappa shape index (κ3) is 1.22. The van der Waals surface area contributed by atoms with Crippen LogP contribution in [0.25, 0.3) is 0 Å². The standard InChI is InChI=1S/C6H10N2O/c1-2-8-5-7-4-3-6(8)9/h3-4,9H,2,5H2,1H3. The van der Waals surface area contributed by atoms with Gasteiger partial charge in [-0.2, -0.15) is 0 Å². The summed E-state index contributed by atoms with van der Waals surface area (Å²) in [5.74, 6) is 0.313. The summed E-state index contributed by atoms with van der Waals surface area (Å²) in [6, 6.07) is 0. The maximum atomic E-state index is 9.06. The van der Waals surface area contributed by atoms with Crippen molar-refractivity contribution >= 4 is 6.21 Å². The number of allylic oxidation sites excluding steroid dienone is 1. The molecule has 0 radical (unpaired) electrons. The number of rotatable bonds is 1. The average molecular weight is 126 g/mol. The number of aliphatic hydroxyl groups excluding tert-OH is 1. The fourth-order valence-electron chi connectivity index (χ4n) is 0.705. The molecule has 1 rings (SSSR count). The van der Waals surface area contributed by atoms with Crippen LogP contribution in [0.1, 0.15) is 6.92 Å². The van der Waals surface area contributed by atoms with Crippen LogP contribution in [-0.2, 0) is 0 Å². The van der Waals surface area contributed by atoms with Gasteiger partial charge in [0.25, 0.3) is 0 Å². The number of hydrogen-bond acceptors (Lipinski definition) is 3. The zero-order valence-electron chi connectivity index (χ0n) is 5.41. The third-order valence-electron chi connectivity index (χ3n) is 1.29. The molecule has 0 aromatic carbocycles. The average Bonchev–Trinajstić information content (AvgIpc) is 1.89. The van der Waals surface area contributed by atoms with Crippen LogP contribution in [0.5, 0.6) is 0 Å². The van der Waals surface area contributed by atoms with Gasteiger partial charge in [0.15, 0.2) is 5.88 Å². The molecule has 1 heterocycles. The highest BCUT2D eigenvalue weighted by Crippen LogP contribution is 2.01. The monoisotopic (exact) mass is 126 g/mol. The van der Waals surface area contributed by atoms with E-state index in [0.29, 0.717) is 12.6 Å². The van der Waals surface area contributed by atoms with Crippen molar-refractivity contribution in [3.05, 3.63) is 12.0 Å². The van der Waals surface area contributed by atoms with E-state index in [9.17, 15) is 0 Å². The number of aliphatic imine (C=N–C) groups is 1. The Morgan fingerprint density at radius 2 is 2.67 bits per heavy atom. The van der Waals surface area contributed by atoms with Crippen LogP contribution in [-0.4, -0.2) is 29.4 Å². The first-order valence-electron chi connectivity index (χ1n) is 2.98. The Kier molecular flexibility index (Phi) is 1.72. The number of hydrogen-bond donors (Lipinski definition) is 1. The molecule has 0 aromatic rings. The van der Waals surface area contributed by atoms with Crippen LogP contribution >= 0.6 is 0 Å². The lowest BCUT2D eigenvalue weighted by Gasteiger charge is -2.20. The summed E-state index contributed by atoms with van der Waals surface area (Å²) < 4.78 is 0. The Balaban J connectivity index is 2.59. The molecule has 1 aliphatic heterocycles. The van der Waals surface area contributed by atoms with Crippen molar-refractivity contribution in [1.82, 2.24) is 4.90 Å². The molecule has 3 heteroatoms. The van der Waals surface area contributed by atoms with Crippen LogP contribution in [0.2, 0.25) is 0 Å². The fourth-order valence-corrected chi connectivity index (χ4v) is 0.705. The molecule has 0 fully saturated rings. The van der Waals surface area contributed by atoms with Crippen molar-refractivity contribution in [2.24, 2.45) is 4.99 Å². The summed E-state index contributed by atoms with van der Waals surface area (Å²) >= 11 is 0. The quantitative estimate of drug-likeness (QED) is 0.562. The minimum atomic E-state index is 0.313. The van der Waals surface area contributed by atoms with Gasteiger partial charge in [0.05, 0.1) is 0 Å². The Hall–Kier alpha value is -0.990. The van der Waals surface area contributed by atoms with Crippen molar-refractivity contribution in [1.29, 1.82) is 0 Å². The van der Waals surface area contributed by atoms with Gasteiger partial charge in [-0.1, -0.05) is 0 Å². The van der Waals surface area contributed by atoms with Gasteiger partial charge in [-0.3, -0.25) is 4.99 Å². The number of nitrogens with zero attached hydrogens (tertiary/aromatic N) is 2. The second-order valence-corrected chi connectivity index (χ2v) is 1.85. The van der Waals surface area contributed by atoms with E-state index in [-0.39, 0.29) is 0 Å². The minimum absolute atomic E-state index is 0.313. The van der Waals surface area contributed by atoms with Gasteiger partial charge in [-0.05, 0) is 6.92 Å². The van der Waals surface area contributed by atoms with Crippen molar-refractivity contribution in [3.8, 4) is 0 Å². The normalized spacial score (nSPS) is 17.9. The first-order chi connectivity index (χ1) is 4.34. The van der Waals surface area contributed by atoms with Crippen LogP contribution in [0.4, 0.5) is 0 Å². The van der Waals surface area contributed by atoms with Gasteiger partial charge in [-0.25, -0.2) is 0 Å². The Morgan fingerprint density at radius 3 is 3.11 bits per heavy atom. The smallest absolute Gasteiger partial charge is 0.189 e. The van der Waals surface area contributed by atoms with E-state index in [4.69, 9.17) is 5.11 Å². The summed E-state index contributed by atoms with van der Waals surface area (Å²) in [5.41, 5.74) is 0. The van der Waals surface area contributed by atoms with Gasteiger partial charge < -0.3 is 10.0 Å². The Bertz CT molecular complexity index is 151. The number of aliphatic hydroxyl groups is 1. The van der Waals surface area contributed by atoms with Crippen LogP contribution in [0.3, 0.4) is 0 Å². The molecule has 0 spiro atoms. The highest BCUT2D eigenvalue weighted by Gasteiger charge is 2.04. The first kappa shape index (κ1) is 6.13. The van der Waals surface area contributed by atoms with E-state index in [1.807, 2.05) is 6.92 Å². The molecule has 1 aliphatic rings. The molecule has 0 bridgehead atoms. The van der Waals surface area contributed by atoms with Crippen LogP contribution in [0, 0.1) is 0 Å². The summed E-state index contributed by atoms with van der Waals surface area (Å²) in [5, 5.41) is 9.06. The second kappa shape index (κ2) is 2.53. The lowest BCUT2D eigenvalue weighted by molar-refractivity contribution is 0.211. The maximum absolute atomic E-state index is 9.06. The summed E-state index contributed by atoms with van der Waals surface area (Å²) in [6.45, 7) is 3.36. The van der Waals surface area contributed by atoms with Crippen molar-refractivity contribution in [2.75, 3.05) is 13.2 Å². The Labute approximate surface area is 54.3 Å². The van der Waals surface area contributed by atoms with E-state index in [1.165, 1.54) is 0 Å². The topological polar surface area (TPSA) is 35.8 Å². The van der Waals surface area contributed by atoms with E-state index < -0.39 is 0 Å². The van der Waals surface area contributed by atoms with Gasteiger partial charge in [0, 0.05) is 18.8 Å². The maximum Gasteiger partial charge on any atom is 0.189 e. The largest absolute Gasteiger partial charge is 0.495 e. The lowest BCUT2D eigenvalue weighted by atomic mass is 10.5. The SMILES string of the molecule is CCN1CN=CC=C1O. The van der Waals surface area contributed by atoms with Gasteiger partial charge >= 0.3 is 0 Å². The fraction of sp³-hybridized carbons (Fsp3) is 0.500. The van der Waals surface area contributed by atoms with Crippen LogP contribution < -0.4 is 0 Å². The molecule has 0 saturated heterocycles. The van der Waals surface area contributed by atoms with E-state index >= 15 is 0 Å². The summed E-state index contributed by atoms with van der Waals surface area (Å²) in [4.78, 5) is 5.72. The zero-order valence-corrected chi connectivity index (χ0v) is 5.41. The van der Waals surface area contributed by atoms with E-state index in [2.05, 4.69) is 4.99 Å². The minimum Gasteiger partial charge on any atom is -0.495 e. The predicted molar refractivity (Wildman–Crippen MR) is 36.5 cm³/mol. The van der Waals surface area contributed by atoms with Crippen molar-refractivity contribution in [3.63, 3.8) is 0 Å². The van der Waals surface area contributed by atoms with Gasteiger partial charge in [0.2, 0.25) is 0 Å². The summed E-state index contributed by atoms with van der Waals surface area (Å²) in [6.07, 6.45) is 3.20. The van der Waals surface area contributed by atoms with Gasteiger partial charge in [0.1, 0.15) is 6.67 Å². The molecule has 0 aliphatic carbocycles. The molecule has 9 heavy (non-hydrogen) atoms. The highest BCUT2D eigenvalue weighted by molar-refractivity contribution is 5.72. The zero-order chi connectivity index (χ0) is 6.69. The third-order valence-corrected chi connectivity index (χ3v) is 1.29. The van der Waals surface area contributed by atoms with E-state index in [0.717, 1.165) is 6.54 Å². The molecule has 0 aromatic heterocycles. The molecule has 1 N–H and O–H groups in total. The van der Waals surface area contributed by atoms with Crippen molar-refractivity contribution in [2.45, 2.75) is 6.92 Å². The molecule has 0 unspecified atom stereocenters. The van der Waals surface area contributed by atoms with Crippen molar-refractivity contribution < 1.29 is 5.11 Å². The Morgan fingerprint density at radius 1 is 1.89 bits per heavy atom. The first-order valence-corrected chi connectivity index (χ1v) is 2.98. The molecular formula is C6H10N2O. The summed E-state index contributed by atoms with van der Waals surface area (Å²) in [7, 11) is 0. The molecule has 0 amide bonds. The molecule has 0 atom stereocenters. The lowest BCUT2D eigenvalue weighted by Crippen LogP contribution is -2.24. The molecule has 3 nitrogen and oxygen atoms in total. The molecule has 50 valence electrons. The molecule has 0 saturated carbocycles. The highest BCUT2D eigenvalue weighted by atomic mass is 16.3. The van der Waals surface area contributed by atoms with Gasteiger partial charge in [-0.15, -0.1) is 0 Å².